The van der Waals surface area contributed by atoms with Crippen LogP contribution in [0.25, 0.3) is 22.4 Å². The fourth-order valence-corrected chi connectivity index (χ4v) is 4.90. The molecule has 2 aromatic heterocycles. The van der Waals surface area contributed by atoms with Crippen molar-refractivity contribution in [3.8, 4) is 39.9 Å². The summed E-state index contributed by atoms with van der Waals surface area (Å²) < 4.78 is 26.0. The number of aromatic nitrogens is 3. The van der Waals surface area contributed by atoms with Crippen LogP contribution >= 0.6 is 0 Å². The number of hydrogen-bond donors (Lipinski definition) is 1. The fraction of sp³-hybridized carbons (Fsp3) is 0.375. The lowest BCUT2D eigenvalue weighted by molar-refractivity contribution is -0.0143. The zero-order valence-corrected chi connectivity index (χ0v) is 18.2. The molecule has 0 amide bonds. The number of methoxy groups -OCH3 is 1. The van der Waals surface area contributed by atoms with Crippen LogP contribution in [0.1, 0.15) is 13.3 Å². The molecular formula is C24H25FN4O3. The van der Waals surface area contributed by atoms with Crippen LogP contribution in [0.2, 0.25) is 0 Å². The van der Waals surface area contributed by atoms with Crippen LogP contribution < -0.4 is 9.47 Å². The first-order valence-electron chi connectivity index (χ1n) is 10.6. The molecule has 166 valence electrons. The summed E-state index contributed by atoms with van der Waals surface area (Å²) in [4.78, 5) is 6.17. The van der Waals surface area contributed by atoms with Gasteiger partial charge in [-0.2, -0.15) is 0 Å². The third-order valence-corrected chi connectivity index (χ3v) is 6.85. The van der Waals surface area contributed by atoms with Crippen molar-refractivity contribution in [2.45, 2.75) is 31.2 Å². The molecule has 1 aliphatic heterocycles. The molecule has 1 saturated heterocycles. The number of likely N-dealkylation sites (tertiary alicyclic amines) is 1. The van der Waals surface area contributed by atoms with Gasteiger partial charge in [0.15, 0.2) is 6.17 Å². The van der Waals surface area contributed by atoms with Gasteiger partial charge in [-0.1, -0.05) is 6.07 Å². The van der Waals surface area contributed by atoms with Crippen molar-refractivity contribution < 1.29 is 19.0 Å². The van der Waals surface area contributed by atoms with E-state index in [0.717, 1.165) is 24.1 Å². The Kier molecular flexibility index (Phi) is 4.97. The van der Waals surface area contributed by atoms with Crippen molar-refractivity contribution in [1.82, 2.24) is 20.1 Å². The summed E-state index contributed by atoms with van der Waals surface area (Å²) in [6.45, 7) is 2.76. The molecule has 1 N–H and O–H groups in total. The highest BCUT2D eigenvalue weighted by Gasteiger charge is 2.60. The van der Waals surface area contributed by atoms with Gasteiger partial charge in [-0.15, -0.1) is 10.2 Å². The molecule has 2 bridgehead atoms. The monoisotopic (exact) mass is 436 g/mol. The summed E-state index contributed by atoms with van der Waals surface area (Å²) in [5, 5.41) is 18.9. The third-order valence-electron chi connectivity index (χ3n) is 6.85. The Morgan fingerprint density at radius 1 is 1.09 bits per heavy atom. The molecule has 3 heterocycles. The molecule has 1 aliphatic carbocycles. The van der Waals surface area contributed by atoms with Gasteiger partial charge in [0, 0.05) is 36.4 Å². The Morgan fingerprint density at radius 2 is 1.91 bits per heavy atom. The van der Waals surface area contributed by atoms with Gasteiger partial charge in [-0.25, -0.2) is 9.37 Å². The maximum Gasteiger partial charge on any atom is 0.233 e. The molecule has 7 nitrogen and oxygen atoms in total. The van der Waals surface area contributed by atoms with Gasteiger partial charge in [0.1, 0.15) is 11.9 Å². The second kappa shape index (κ2) is 7.70. The van der Waals surface area contributed by atoms with Crippen LogP contribution in [-0.2, 0) is 0 Å². The van der Waals surface area contributed by atoms with Crippen molar-refractivity contribution >= 4 is 0 Å². The summed E-state index contributed by atoms with van der Waals surface area (Å²) in [6.07, 6.45) is 0.849. The topological polar surface area (TPSA) is 80.6 Å². The molecular weight excluding hydrogens is 411 g/mol. The van der Waals surface area contributed by atoms with Crippen LogP contribution in [0.15, 0.2) is 48.7 Å². The first-order valence-corrected chi connectivity index (χ1v) is 10.6. The molecule has 2 fully saturated rings. The van der Waals surface area contributed by atoms with Gasteiger partial charge >= 0.3 is 0 Å². The van der Waals surface area contributed by atoms with E-state index in [0.29, 0.717) is 23.0 Å². The van der Waals surface area contributed by atoms with Crippen LogP contribution in [0.3, 0.4) is 0 Å². The number of fused-ring (bicyclic) bond motifs is 2. The van der Waals surface area contributed by atoms with Crippen molar-refractivity contribution in [3.63, 3.8) is 0 Å². The second-order valence-corrected chi connectivity index (χ2v) is 8.76. The number of phenols is 1. The number of aromatic hydroxyl groups is 1. The molecule has 3 aromatic rings. The largest absolute Gasteiger partial charge is 0.507 e. The minimum atomic E-state index is -1.07. The highest BCUT2D eigenvalue weighted by molar-refractivity contribution is 5.74. The number of rotatable bonds is 5. The highest BCUT2D eigenvalue weighted by atomic mass is 19.1. The summed E-state index contributed by atoms with van der Waals surface area (Å²) in [7, 11) is 3.52. The number of hydrogen-bond acceptors (Lipinski definition) is 7. The van der Waals surface area contributed by atoms with Crippen molar-refractivity contribution in [2.75, 3.05) is 20.7 Å². The number of ether oxygens (including phenoxy) is 2. The van der Waals surface area contributed by atoms with E-state index in [1.165, 1.54) is 0 Å². The van der Waals surface area contributed by atoms with E-state index < -0.39 is 17.8 Å². The Balaban J connectivity index is 1.33. The summed E-state index contributed by atoms with van der Waals surface area (Å²) in [5.41, 5.74) is 2.27. The minimum Gasteiger partial charge on any atom is -0.507 e. The molecule has 0 radical (unpaired) electrons. The first kappa shape index (κ1) is 20.6. The van der Waals surface area contributed by atoms with Crippen LogP contribution in [0, 0.1) is 5.92 Å². The zero-order chi connectivity index (χ0) is 22.5. The van der Waals surface area contributed by atoms with E-state index in [9.17, 15) is 9.50 Å². The van der Waals surface area contributed by atoms with Crippen molar-refractivity contribution in [3.05, 3.63) is 48.7 Å². The number of piperidine rings is 1. The smallest absolute Gasteiger partial charge is 0.233 e. The maximum atomic E-state index is 15.0. The zero-order valence-electron chi connectivity index (χ0n) is 18.2. The number of nitrogens with zero attached hydrogens (tertiary/aromatic N) is 4. The lowest BCUT2D eigenvalue weighted by atomic mass is 9.97. The van der Waals surface area contributed by atoms with Gasteiger partial charge in [-0.3, -0.25) is 4.90 Å². The van der Waals surface area contributed by atoms with Crippen molar-refractivity contribution in [2.24, 2.45) is 5.92 Å². The predicted molar refractivity (Wildman–Crippen MR) is 117 cm³/mol. The molecule has 32 heavy (non-hydrogen) atoms. The third kappa shape index (κ3) is 3.35. The predicted octanol–water partition coefficient (Wildman–Crippen LogP) is 3.73. The van der Waals surface area contributed by atoms with Crippen molar-refractivity contribution in [1.29, 1.82) is 0 Å². The maximum absolute atomic E-state index is 15.0. The average Bonchev–Trinajstić information content (AvgIpc) is 3.24. The van der Waals surface area contributed by atoms with Gasteiger partial charge in [0.2, 0.25) is 11.8 Å². The Morgan fingerprint density at radius 3 is 2.56 bits per heavy atom. The van der Waals surface area contributed by atoms with E-state index in [2.05, 4.69) is 20.1 Å². The molecule has 5 rings (SSSR count). The Bertz CT molecular complexity index is 1140. The molecule has 1 saturated carbocycles. The number of phenolic OH excluding ortho intramolecular Hbond substituents is 1. The standard InChI is InChI=1S/C24H25FN4O3/c1-24-12-16(13-29(24)2)22(23(24)25)32-20-7-6-18(27-28-20)17-5-4-14(10-19(17)30)15-8-9-26-21(11-15)31-3/h4-11,16,22-23,30H,12-13H2,1-3H3/t16-,22-,23+,24-/m0/s1. The van der Waals surface area contributed by atoms with Crippen LogP contribution in [-0.4, -0.2) is 63.7 Å². The minimum absolute atomic E-state index is 0.0779. The Labute approximate surface area is 185 Å². The summed E-state index contributed by atoms with van der Waals surface area (Å²) in [6, 6.07) is 12.4. The molecule has 0 unspecified atom stereocenters. The molecule has 4 atom stereocenters. The molecule has 2 aliphatic rings. The van der Waals surface area contributed by atoms with Gasteiger partial charge in [-0.05, 0) is 55.8 Å². The lowest BCUT2D eigenvalue weighted by Crippen LogP contribution is -2.54. The van der Waals surface area contributed by atoms with Gasteiger partial charge in [0.05, 0.1) is 18.3 Å². The highest BCUT2D eigenvalue weighted by Crippen LogP contribution is 2.48. The molecule has 8 heteroatoms. The first-order chi connectivity index (χ1) is 15.4. The van der Waals surface area contributed by atoms with E-state index >= 15 is 0 Å². The van der Waals surface area contributed by atoms with Gasteiger partial charge in [0.25, 0.3) is 0 Å². The molecule has 1 aromatic carbocycles. The number of halogens is 1. The fourth-order valence-electron chi connectivity index (χ4n) is 4.90. The summed E-state index contributed by atoms with van der Waals surface area (Å²) >= 11 is 0. The SMILES string of the molecule is COc1cc(-c2ccc(-c3ccc(O[C@H]4[C@@H]5CN(C)[C@@](C)(C5)[C@@H]4F)nn3)c(O)c2)ccn1. The van der Waals surface area contributed by atoms with Crippen LogP contribution in [0.4, 0.5) is 4.39 Å². The van der Waals surface area contributed by atoms with E-state index in [1.54, 1.807) is 43.6 Å². The second-order valence-electron chi connectivity index (χ2n) is 8.76. The van der Waals surface area contributed by atoms with Crippen LogP contribution in [0.5, 0.6) is 17.5 Å². The van der Waals surface area contributed by atoms with E-state index in [-0.39, 0.29) is 11.7 Å². The number of alkyl halides is 1. The Hall–Kier alpha value is -3.26. The number of pyridine rings is 1. The normalized spacial score (nSPS) is 26.9. The van der Waals surface area contributed by atoms with Gasteiger partial charge < -0.3 is 14.6 Å². The average molecular weight is 436 g/mol. The molecule has 0 spiro atoms. The number of benzene rings is 1. The quantitative estimate of drug-likeness (QED) is 0.653. The van der Waals surface area contributed by atoms with E-state index in [4.69, 9.17) is 9.47 Å². The summed E-state index contributed by atoms with van der Waals surface area (Å²) in [5.74, 6) is 1.01. The van der Waals surface area contributed by atoms with E-state index in [1.807, 2.05) is 26.1 Å². The lowest BCUT2D eigenvalue weighted by Gasteiger charge is -2.38.